The minimum Gasteiger partial charge on any atom is -0.318 e. The lowest BCUT2D eigenvalue weighted by Gasteiger charge is -2.09. The number of benzene rings is 2. The highest BCUT2D eigenvalue weighted by Crippen LogP contribution is 2.23. The lowest BCUT2D eigenvalue weighted by molar-refractivity contribution is 0.964. The van der Waals surface area contributed by atoms with Crippen molar-refractivity contribution < 1.29 is 0 Å². The Labute approximate surface area is 149 Å². The van der Waals surface area contributed by atoms with Crippen LogP contribution in [0.1, 0.15) is 17.0 Å². The Kier molecular flexibility index (Phi) is 4.69. The van der Waals surface area contributed by atoms with Gasteiger partial charge in [0, 0.05) is 38.3 Å². The third kappa shape index (κ3) is 3.57. The molecule has 0 spiro atoms. The monoisotopic (exact) mass is 386 g/mol. The number of aromatic nitrogens is 1. The van der Waals surface area contributed by atoms with Crippen LogP contribution in [0.25, 0.3) is 5.69 Å². The molecule has 0 amide bonds. The first-order chi connectivity index (χ1) is 11.0. The summed E-state index contributed by atoms with van der Waals surface area (Å²) in [5.41, 5.74) is 5.44. The van der Waals surface area contributed by atoms with Gasteiger partial charge in [0.2, 0.25) is 0 Å². The van der Waals surface area contributed by atoms with Crippen LogP contribution in [-0.4, -0.2) is 10.8 Å². The van der Waals surface area contributed by atoms with Crippen molar-refractivity contribution in [2.45, 2.75) is 13.8 Å². The summed E-state index contributed by atoms with van der Waals surface area (Å²) in [6.45, 7) is 4.21. The maximum absolute atomic E-state index is 6.00. The Morgan fingerprint density at radius 1 is 1.04 bits per heavy atom. The summed E-state index contributed by atoms with van der Waals surface area (Å²) in [4.78, 5) is 4.53. The average Bonchev–Trinajstić information content (AvgIpc) is 2.81. The molecule has 0 saturated heterocycles. The second-order valence-corrected chi connectivity index (χ2v) is 6.73. The van der Waals surface area contributed by atoms with Crippen LogP contribution in [0.2, 0.25) is 5.02 Å². The predicted molar refractivity (Wildman–Crippen MR) is 102 cm³/mol. The van der Waals surface area contributed by atoms with Gasteiger partial charge in [-0.25, -0.2) is 0 Å². The highest BCUT2D eigenvalue weighted by atomic mass is 79.9. The fourth-order valence-electron chi connectivity index (χ4n) is 2.61. The summed E-state index contributed by atoms with van der Waals surface area (Å²) in [6.07, 6.45) is 1.89. The van der Waals surface area contributed by atoms with E-state index in [1.54, 1.807) is 0 Å². The van der Waals surface area contributed by atoms with Gasteiger partial charge >= 0.3 is 0 Å². The van der Waals surface area contributed by atoms with Gasteiger partial charge in [-0.05, 0) is 62.4 Å². The first-order valence-electron chi connectivity index (χ1n) is 7.29. The smallest absolute Gasteiger partial charge is 0.0644 e. The third-order valence-electron chi connectivity index (χ3n) is 3.72. The Balaban J connectivity index is 1.96. The molecule has 2 aromatic carbocycles. The van der Waals surface area contributed by atoms with Crippen molar-refractivity contribution in [2.75, 3.05) is 0 Å². The first-order valence-corrected chi connectivity index (χ1v) is 8.46. The second-order valence-electron chi connectivity index (χ2n) is 5.38. The molecule has 0 radical (unpaired) electrons. The average molecular weight is 388 g/mol. The second kappa shape index (κ2) is 6.73. The van der Waals surface area contributed by atoms with Crippen LogP contribution < -0.4 is 0 Å². The van der Waals surface area contributed by atoms with Crippen LogP contribution in [-0.2, 0) is 0 Å². The van der Waals surface area contributed by atoms with Gasteiger partial charge in [-0.1, -0.05) is 33.6 Å². The fraction of sp³-hybridized carbons (Fsp3) is 0.105. The number of aryl methyl sites for hydroxylation is 1. The molecule has 0 N–H and O–H groups in total. The number of rotatable bonds is 3. The van der Waals surface area contributed by atoms with Gasteiger partial charge < -0.3 is 4.57 Å². The molecular formula is C19H16BrClN2. The van der Waals surface area contributed by atoms with Gasteiger partial charge in [0.25, 0.3) is 0 Å². The van der Waals surface area contributed by atoms with Crippen molar-refractivity contribution in [3.8, 4) is 5.69 Å². The largest absolute Gasteiger partial charge is 0.318 e. The Hall–Kier alpha value is -1.84. The SMILES string of the molecule is Cc1cc(C=Nc2cccc(Cl)c2)c(C)n1-c1ccc(Br)cc1. The summed E-state index contributed by atoms with van der Waals surface area (Å²) >= 11 is 9.47. The van der Waals surface area contributed by atoms with E-state index in [0.29, 0.717) is 5.02 Å². The van der Waals surface area contributed by atoms with Gasteiger partial charge in [0.15, 0.2) is 0 Å². The van der Waals surface area contributed by atoms with E-state index in [1.807, 2.05) is 42.6 Å². The van der Waals surface area contributed by atoms with Gasteiger partial charge in [0.1, 0.15) is 0 Å². The van der Waals surface area contributed by atoms with Crippen LogP contribution in [0.4, 0.5) is 5.69 Å². The number of halogens is 2. The van der Waals surface area contributed by atoms with Gasteiger partial charge in [0.05, 0.1) is 5.69 Å². The van der Waals surface area contributed by atoms with Crippen molar-refractivity contribution in [1.29, 1.82) is 0 Å². The standard InChI is InChI=1S/C19H16BrClN2/c1-13-10-15(12-22-18-5-3-4-17(21)11-18)14(2)23(13)19-8-6-16(20)7-9-19/h3-12H,1-2H3. The van der Waals surface area contributed by atoms with E-state index in [-0.39, 0.29) is 0 Å². The maximum atomic E-state index is 6.00. The molecule has 0 fully saturated rings. The Bertz CT molecular complexity index is 864. The van der Waals surface area contributed by atoms with E-state index in [0.717, 1.165) is 27.1 Å². The summed E-state index contributed by atoms with van der Waals surface area (Å²) in [7, 11) is 0. The molecule has 4 heteroatoms. The van der Waals surface area contributed by atoms with Gasteiger partial charge in [-0.3, -0.25) is 4.99 Å². The topological polar surface area (TPSA) is 17.3 Å². The van der Waals surface area contributed by atoms with Crippen molar-refractivity contribution in [3.63, 3.8) is 0 Å². The molecule has 1 heterocycles. The normalized spacial score (nSPS) is 11.3. The molecule has 2 nitrogen and oxygen atoms in total. The molecule has 3 rings (SSSR count). The summed E-state index contributed by atoms with van der Waals surface area (Å²) in [6, 6.07) is 18.0. The van der Waals surface area contributed by atoms with E-state index in [4.69, 9.17) is 11.6 Å². The molecule has 0 aliphatic carbocycles. The van der Waals surface area contributed by atoms with Crippen molar-refractivity contribution in [3.05, 3.63) is 81.0 Å². The molecular weight excluding hydrogens is 372 g/mol. The highest BCUT2D eigenvalue weighted by Gasteiger charge is 2.09. The summed E-state index contributed by atoms with van der Waals surface area (Å²) in [5, 5.41) is 0.694. The van der Waals surface area contributed by atoms with Crippen LogP contribution >= 0.6 is 27.5 Å². The molecule has 0 aliphatic rings. The molecule has 0 atom stereocenters. The molecule has 0 aliphatic heterocycles. The lowest BCUT2D eigenvalue weighted by atomic mass is 10.2. The zero-order valence-corrected chi connectivity index (χ0v) is 15.3. The minimum atomic E-state index is 0.694. The highest BCUT2D eigenvalue weighted by molar-refractivity contribution is 9.10. The predicted octanol–water partition coefficient (Wildman–Crippen LogP) is 6.26. The van der Waals surface area contributed by atoms with E-state index in [9.17, 15) is 0 Å². The third-order valence-corrected chi connectivity index (χ3v) is 4.48. The van der Waals surface area contributed by atoms with Crippen molar-refractivity contribution >= 4 is 39.4 Å². The van der Waals surface area contributed by atoms with E-state index < -0.39 is 0 Å². The summed E-state index contributed by atoms with van der Waals surface area (Å²) < 4.78 is 3.30. The number of nitrogens with zero attached hydrogens (tertiary/aromatic N) is 2. The Morgan fingerprint density at radius 3 is 2.48 bits per heavy atom. The van der Waals surface area contributed by atoms with Crippen molar-refractivity contribution in [1.82, 2.24) is 4.57 Å². The fourth-order valence-corrected chi connectivity index (χ4v) is 3.06. The molecule has 1 aromatic heterocycles. The van der Waals surface area contributed by atoms with Crippen LogP contribution in [0.5, 0.6) is 0 Å². The van der Waals surface area contributed by atoms with Crippen molar-refractivity contribution in [2.24, 2.45) is 4.99 Å². The minimum absolute atomic E-state index is 0.694. The Morgan fingerprint density at radius 2 is 1.78 bits per heavy atom. The molecule has 0 unspecified atom stereocenters. The molecule has 116 valence electrons. The number of hydrogen-bond donors (Lipinski definition) is 0. The maximum Gasteiger partial charge on any atom is 0.0644 e. The van der Waals surface area contributed by atoms with E-state index in [1.165, 1.54) is 5.69 Å². The molecule has 0 saturated carbocycles. The van der Waals surface area contributed by atoms with Crippen LogP contribution in [0, 0.1) is 13.8 Å². The van der Waals surface area contributed by atoms with Crippen LogP contribution in [0.3, 0.4) is 0 Å². The van der Waals surface area contributed by atoms with E-state index in [2.05, 4.69) is 57.5 Å². The molecule has 23 heavy (non-hydrogen) atoms. The number of aliphatic imine (C=N–C) groups is 1. The zero-order valence-electron chi connectivity index (χ0n) is 12.9. The first kappa shape index (κ1) is 16.0. The van der Waals surface area contributed by atoms with Gasteiger partial charge in [-0.15, -0.1) is 0 Å². The molecule has 3 aromatic rings. The quantitative estimate of drug-likeness (QED) is 0.472. The van der Waals surface area contributed by atoms with Gasteiger partial charge in [-0.2, -0.15) is 0 Å². The number of hydrogen-bond acceptors (Lipinski definition) is 1. The summed E-state index contributed by atoms with van der Waals surface area (Å²) in [5.74, 6) is 0. The van der Waals surface area contributed by atoms with E-state index >= 15 is 0 Å². The zero-order chi connectivity index (χ0) is 16.4. The molecule has 0 bridgehead atoms. The lowest BCUT2D eigenvalue weighted by Crippen LogP contribution is -1.99. The van der Waals surface area contributed by atoms with Crippen LogP contribution in [0.15, 0.2) is 64.1 Å².